The summed E-state index contributed by atoms with van der Waals surface area (Å²) < 4.78 is 5.67. The second-order valence-corrected chi connectivity index (χ2v) is 4.02. The van der Waals surface area contributed by atoms with E-state index in [1.54, 1.807) is 0 Å². The average Bonchev–Trinajstić information content (AvgIpc) is 2.18. The summed E-state index contributed by atoms with van der Waals surface area (Å²) in [5, 5.41) is 0. The molecule has 14 heavy (non-hydrogen) atoms. The molecule has 0 atom stereocenters. The lowest BCUT2D eigenvalue weighted by atomic mass is 10.2. The quantitative estimate of drug-likeness (QED) is 0.573. The highest BCUT2D eigenvalue weighted by atomic mass is 32.1. The van der Waals surface area contributed by atoms with Crippen molar-refractivity contribution in [1.82, 2.24) is 0 Å². The number of thiol groups is 1. The maximum atomic E-state index is 5.67. The SMILES string of the molecule is CCCCCOc1cc(S)ccc1C. The molecular weight excluding hydrogens is 192 g/mol. The Balaban J connectivity index is 2.45. The first-order chi connectivity index (χ1) is 6.74. The zero-order chi connectivity index (χ0) is 10.4. The molecule has 0 aromatic heterocycles. The summed E-state index contributed by atoms with van der Waals surface area (Å²) in [6.45, 7) is 5.06. The van der Waals surface area contributed by atoms with Crippen molar-refractivity contribution < 1.29 is 4.74 Å². The van der Waals surface area contributed by atoms with Gasteiger partial charge in [0.25, 0.3) is 0 Å². The highest BCUT2D eigenvalue weighted by Gasteiger charge is 1.99. The summed E-state index contributed by atoms with van der Waals surface area (Å²) in [5.74, 6) is 0.966. The van der Waals surface area contributed by atoms with Crippen molar-refractivity contribution in [2.75, 3.05) is 6.61 Å². The van der Waals surface area contributed by atoms with Crippen LogP contribution in [0.5, 0.6) is 5.75 Å². The fourth-order valence-corrected chi connectivity index (χ4v) is 1.47. The molecule has 78 valence electrons. The van der Waals surface area contributed by atoms with Gasteiger partial charge in [-0.3, -0.25) is 0 Å². The molecule has 0 fully saturated rings. The van der Waals surface area contributed by atoms with E-state index >= 15 is 0 Å². The van der Waals surface area contributed by atoms with Crippen molar-refractivity contribution in [2.24, 2.45) is 0 Å². The number of rotatable bonds is 5. The third kappa shape index (κ3) is 3.62. The number of unbranched alkanes of at least 4 members (excludes halogenated alkanes) is 2. The molecule has 0 unspecified atom stereocenters. The van der Waals surface area contributed by atoms with Gasteiger partial charge < -0.3 is 4.74 Å². The van der Waals surface area contributed by atoms with Crippen molar-refractivity contribution in [3.05, 3.63) is 23.8 Å². The van der Waals surface area contributed by atoms with E-state index in [1.807, 2.05) is 18.2 Å². The Bertz CT molecular complexity index is 284. The lowest BCUT2D eigenvalue weighted by Gasteiger charge is -2.09. The van der Waals surface area contributed by atoms with Crippen LogP contribution in [-0.2, 0) is 0 Å². The van der Waals surface area contributed by atoms with Crippen LogP contribution in [0.3, 0.4) is 0 Å². The Labute approximate surface area is 91.9 Å². The Morgan fingerprint density at radius 3 is 2.79 bits per heavy atom. The van der Waals surface area contributed by atoms with Crippen LogP contribution < -0.4 is 4.74 Å². The highest BCUT2D eigenvalue weighted by molar-refractivity contribution is 7.80. The van der Waals surface area contributed by atoms with E-state index in [4.69, 9.17) is 4.74 Å². The fraction of sp³-hybridized carbons (Fsp3) is 0.500. The molecule has 0 N–H and O–H groups in total. The molecular formula is C12H18OS. The summed E-state index contributed by atoms with van der Waals surface area (Å²) in [5.41, 5.74) is 1.18. The van der Waals surface area contributed by atoms with Crippen LogP contribution in [0, 0.1) is 6.92 Å². The second-order valence-electron chi connectivity index (χ2n) is 3.51. The first-order valence-corrected chi connectivity index (χ1v) is 5.61. The maximum Gasteiger partial charge on any atom is 0.123 e. The van der Waals surface area contributed by atoms with Gasteiger partial charge in [-0.05, 0) is 31.0 Å². The molecule has 0 aliphatic carbocycles. The molecule has 0 heterocycles. The van der Waals surface area contributed by atoms with Crippen LogP contribution in [0.1, 0.15) is 31.7 Å². The molecule has 1 aromatic rings. The summed E-state index contributed by atoms with van der Waals surface area (Å²) in [4.78, 5) is 0.959. The second kappa shape index (κ2) is 5.97. The summed E-state index contributed by atoms with van der Waals surface area (Å²) in [7, 11) is 0. The van der Waals surface area contributed by atoms with E-state index in [9.17, 15) is 0 Å². The molecule has 1 nitrogen and oxygen atoms in total. The van der Waals surface area contributed by atoms with E-state index in [2.05, 4.69) is 26.5 Å². The number of benzene rings is 1. The van der Waals surface area contributed by atoms with Crippen LogP contribution in [0.2, 0.25) is 0 Å². The van der Waals surface area contributed by atoms with Gasteiger partial charge in [0.15, 0.2) is 0 Å². The Morgan fingerprint density at radius 1 is 1.29 bits per heavy atom. The molecule has 0 bridgehead atoms. The lowest BCUT2D eigenvalue weighted by molar-refractivity contribution is 0.303. The van der Waals surface area contributed by atoms with Gasteiger partial charge in [0, 0.05) is 4.90 Å². The first kappa shape index (κ1) is 11.4. The van der Waals surface area contributed by atoms with E-state index in [-0.39, 0.29) is 0 Å². The van der Waals surface area contributed by atoms with E-state index in [1.165, 1.54) is 18.4 Å². The summed E-state index contributed by atoms with van der Waals surface area (Å²) >= 11 is 4.28. The van der Waals surface area contributed by atoms with Crippen LogP contribution in [-0.4, -0.2) is 6.61 Å². The van der Waals surface area contributed by atoms with Crippen molar-refractivity contribution >= 4 is 12.6 Å². The smallest absolute Gasteiger partial charge is 0.123 e. The van der Waals surface area contributed by atoms with Crippen LogP contribution in [0.15, 0.2) is 23.1 Å². The Kier molecular flexibility index (Phi) is 4.88. The molecule has 1 aromatic carbocycles. The summed E-state index contributed by atoms with van der Waals surface area (Å²) in [6.07, 6.45) is 3.60. The predicted octanol–water partition coefficient (Wildman–Crippen LogP) is 3.85. The first-order valence-electron chi connectivity index (χ1n) is 5.16. The zero-order valence-corrected chi connectivity index (χ0v) is 9.81. The third-order valence-corrected chi connectivity index (χ3v) is 2.46. The van der Waals surface area contributed by atoms with E-state index in [0.717, 1.165) is 23.7 Å². The van der Waals surface area contributed by atoms with Gasteiger partial charge in [-0.15, -0.1) is 12.6 Å². The number of aryl methyl sites for hydroxylation is 1. The monoisotopic (exact) mass is 210 g/mol. The largest absolute Gasteiger partial charge is 0.493 e. The zero-order valence-electron chi connectivity index (χ0n) is 8.92. The highest BCUT2D eigenvalue weighted by Crippen LogP contribution is 2.21. The van der Waals surface area contributed by atoms with E-state index < -0.39 is 0 Å². The van der Waals surface area contributed by atoms with Crippen molar-refractivity contribution in [1.29, 1.82) is 0 Å². The predicted molar refractivity (Wildman–Crippen MR) is 63.5 cm³/mol. The minimum atomic E-state index is 0.811. The molecule has 0 spiro atoms. The normalized spacial score (nSPS) is 10.2. The number of hydrogen-bond donors (Lipinski definition) is 1. The molecule has 0 radical (unpaired) electrons. The Hall–Kier alpha value is -0.630. The lowest BCUT2D eigenvalue weighted by Crippen LogP contribution is -1.98. The topological polar surface area (TPSA) is 9.23 Å². The van der Waals surface area contributed by atoms with Crippen molar-refractivity contribution in [2.45, 2.75) is 38.0 Å². The average molecular weight is 210 g/mol. The molecule has 0 saturated carbocycles. The third-order valence-electron chi connectivity index (χ3n) is 2.18. The Morgan fingerprint density at radius 2 is 2.07 bits per heavy atom. The van der Waals surface area contributed by atoms with Gasteiger partial charge in [-0.25, -0.2) is 0 Å². The standard InChI is InChI=1S/C12H18OS/c1-3-4-5-8-13-12-9-11(14)7-6-10(12)2/h6-7,9,14H,3-5,8H2,1-2H3. The van der Waals surface area contributed by atoms with Crippen molar-refractivity contribution in [3.63, 3.8) is 0 Å². The molecule has 1 rings (SSSR count). The van der Waals surface area contributed by atoms with Gasteiger partial charge in [-0.2, -0.15) is 0 Å². The summed E-state index contributed by atoms with van der Waals surface area (Å²) in [6, 6.07) is 6.00. The minimum Gasteiger partial charge on any atom is -0.493 e. The van der Waals surface area contributed by atoms with Gasteiger partial charge in [0.2, 0.25) is 0 Å². The van der Waals surface area contributed by atoms with Gasteiger partial charge in [-0.1, -0.05) is 25.8 Å². The van der Waals surface area contributed by atoms with Crippen LogP contribution in [0.25, 0.3) is 0 Å². The van der Waals surface area contributed by atoms with E-state index in [0.29, 0.717) is 0 Å². The number of hydrogen-bond acceptors (Lipinski definition) is 2. The van der Waals surface area contributed by atoms with Crippen LogP contribution >= 0.6 is 12.6 Å². The van der Waals surface area contributed by atoms with Crippen molar-refractivity contribution in [3.8, 4) is 5.75 Å². The van der Waals surface area contributed by atoms with Gasteiger partial charge >= 0.3 is 0 Å². The van der Waals surface area contributed by atoms with Gasteiger partial charge in [0.05, 0.1) is 6.61 Å². The molecule has 0 aliphatic rings. The molecule has 0 saturated heterocycles. The van der Waals surface area contributed by atoms with Crippen LogP contribution in [0.4, 0.5) is 0 Å². The fourth-order valence-electron chi connectivity index (χ4n) is 1.28. The number of ether oxygens (including phenoxy) is 1. The molecule has 0 aliphatic heterocycles. The minimum absolute atomic E-state index is 0.811. The molecule has 2 heteroatoms. The molecule has 0 amide bonds. The van der Waals surface area contributed by atoms with Gasteiger partial charge in [0.1, 0.15) is 5.75 Å². The maximum absolute atomic E-state index is 5.67.